The van der Waals surface area contributed by atoms with Crippen LogP contribution >= 0.6 is 0 Å². The van der Waals surface area contributed by atoms with Crippen molar-refractivity contribution < 1.29 is 23.5 Å². The van der Waals surface area contributed by atoms with Gasteiger partial charge in [0.2, 0.25) is 0 Å². The molecule has 0 spiro atoms. The van der Waals surface area contributed by atoms with Gasteiger partial charge in [0.05, 0.1) is 16.8 Å². The van der Waals surface area contributed by atoms with E-state index in [4.69, 9.17) is 10.5 Å². The second-order valence-electron chi connectivity index (χ2n) is 6.36. The van der Waals surface area contributed by atoms with Crippen LogP contribution in [-0.2, 0) is 11.3 Å². The first-order valence-electron chi connectivity index (χ1n) is 8.50. The van der Waals surface area contributed by atoms with Crippen molar-refractivity contribution in [1.29, 1.82) is 0 Å². The molecule has 0 saturated heterocycles. The molecule has 0 unspecified atom stereocenters. The van der Waals surface area contributed by atoms with Gasteiger partial charge in [-0.05, 0) is 29.8 Å². The van der Waals surface area contributed by atoms with Crippen molar-refractivity contribution in [3.63, 3.8) is 0 Å². The van der Waals surface area contributed by atoms with Gasteiger partial charge in [0.15, 0.2) is 11.6 Å². The lowest BCUT2D eigenvalue weighted by atomic mass is 9.82. The number of rotatable bonds is 3. The fraction of sp³-hybridized carbons (Fsp3) is 0.0455. The number of ether oxygens (including phenoxy) is 1. The zero-order chi connectivity index (χ0) is 19.8. The molecule has 0 heterocycles. The topological polar surface area (TPSA) is 86.5 Å². The molecule has 1 aliphatic carbocycles. The molecule has 2 N–H and O–H groups in total. The largest absolute Gasteiger partial charge is 0.457 e. The highest BCUT2D eigenvalue weighted by molar-refractivity contribution is 6.30. The van der Waals surface area contributed by atoms with Crippen LogP contribution in [0.2, 0.25) is 0 Å². The Bertz CT molecular complexity index is 1150. The standard InChI is InChI=1S/C22H14FNO4/c23-13-5-3-4-12(10-13)11-28-22(27)17-9-8-16-18(19(17)24)21(26)15-7-2-1-6-14(15)20(16)25/h1-10H,11,24H2. The molecule has 5 nitrogen and oxygen atoms in total. The van der Waals surface area contributed by atoms with Gasteiger partial charge < -0.3 is 10.5 Å². The summed E-state index contributed by atoms with van der Waals surface area (Å²) in [5, 5.41) is 0. The summed E-state index contributed by atoms with van der Waals surface area (Å²) in [4.78, 5) is 38.0. The Morgan fingerprint density at radius 3 is 2.32 bits per heavy atom. The lowest BCUT2D eigenvalue weighted by molar-refractivity contribution is 0.0473. The SMILES string of the molecule is Nc1c(C(=O)OCc2cccc(F)c2)ccc2c1C(=O)c1ccccc1C2=O. The number of fused-ring (bicyclic) bond motifs is 2. The molecule has 0 aliphatic heterocycles. The highest BCUT2D eigenvalue weighted by atomic mass is 19.1. The monoisotopic (exact) mass is 375 g/mol. The lowest BCUT2D eigenvalue weighted by Gasteiger charge is -2.20. The van der Waals surface area contributed by atoms with Gasteiger partial charge in [-0.25, -0.2) is 9.18 Å². The Balaban J connectivity index is 1.66. The van der Waals surface area contributed by atoms with Crippen molar-refractivity contribution in [3.05, 3.63) is 99.9 Å². The number of benzene rings is 3. The summed E-state index contributed by atoms with van der Waals surface area (Å²) in [7, 11) is 0. The zero-order valence-corrected chi connectivity index (χ0v) is 14.6. The Kier molecular flexibility index (Phi) is 4.24. The number of nitrogen functional groups attached to an aromatic ring is 1. The Morgan fingerprint density at radius 2 is 1.61 bits per heavy atom. The predicted octanol–water partition coefficient (Wildman–Crippen LogP) is 3.54. The van der Waals surface area contributed by atoms with Gasteiger partial charge in [-0.3, -0.25) is 9.59 Å². The smallest absolute Gasteiger partial charge is 0.340 e. The Hall–Kier alpha value is -3.80. The number of hydrogen-bond donors (Lipinski definition) is 1. The van der Waals surface area contributed by atoms with Crippen molar-refractivity contribution >= 4 is 23.2 Å². The number of halogens is 1. The van der Waals surface area contributed by atoms with E-state index in [2.05, 4.69) is 0 Å². The maximum Gasteiger partial charge on any atom is 0.340 e. The molecule has 0 fully saturated rings. The summed E-state index contributed by atoms with van der Waals surface area (Å²) >= 11 is 0. The number of carbonyl (C=O) groups excluding carboxylic acids is 3. The van der Waals surface area contributed by atoms with Crippen molar-refractivity contribution in [3.8, 4) is 0 Å². The summed E-state index contributed by atoms with van der Waals surface area (Å²) in [6, 6.07) is 14.9. The van der Waals surface area contributed by atoms with E-state index in [1.807, 2.05) is 0 Å². The fourth-order valence-electron chi connectivity index (χ4n) is 3.24. The normalized spacial score (nSPS) is 12.3. The molecule has 4 rings (SSSR count). The van der Waals surface area contributed by atoms with E-state index in [1.54, 1.807) is 30.3 Å². The van der Waals surface area contributed by atoms with Gasteiger partial charge in [0, 0.05) is 16.7 Å². The van der Waals surface area contributed by atoms with Crippen LogP contribution in [0.5, 0.6) is 0 Å². The fourth-order valence-corrected chi connectivity index (χ4v) is 3.24. The molecule has 0 atom stereocenters. The quantitative estimate of drug-likeness (QED) is 0.437. The van der Waals surface area contributed by atoms with Crippen LogP contribution in [0.15, 0.2) is 60.7 Å². The summed E-state index contributed by atoms with van der Waals surface area (Å²) in [5.74, 6) is -1.94. The summed E-state index contributed by atoms with van der Waals surface area (Å²) in [6.45, 7) is -0.150. The molecule has 0 amide bonds. The molecule has 0 saturated carbocycles. The first-order chi connectivity index (χ1) is 13.5. The van der Waals surface area contributed by atoms with Gasteiger partial charge in [-0.15, -0.1) is 0 Å². The summed E-state index contributed by atoms with van der Waals surface area (Å²) < 4.78 is 18.4. The number of carbonyl (C=O) groups is 3. The number of nitrogens with two attached hydrogens (primary N) is 1. The Morgan fingerprint density at radius 1 is 0.893 bits per heavy atom. The minimum atomic E-state index is -0.760. The zero-order valence-electron chi connectivity index (χ0n) is 14.6. The van der Waals surface area contributed by atoms with E-state index in [0.29, 0.717) is 11.1 Å². The average molecular weight is 375 g/mol. The molecule has 138 valence electrons. The van der Waals surface area contributed by atoms with Crippen LogP contribution in [0.25, 0.3) is 0 Å². The first-order valence-corrected chi connectivity index (χ1v) is 8.50. The molecule has 3 aromatic carbocycles. The molecular formula is C22H14FNO4. The molecule has 28 heavy (non-hydrogen) atoms. The van der Waals surface area contributed by atoms with Gasteiger partial charge in [-0.1, -0.05) is 36.4 Å². The maximum absolute atomic E-state index is 13.2. The number of ketones is 2. The lowest BCUT2D eigenvalue weighted by Crippen LogP contribution is -2.24. The minimum Gasteiger partial charge on any atom is -0.457 e. The van der Waals surface area contributed by atoms with Crippen molar-refractivity contribution in [2.45, 2.75) is 6.61 Å². The molecule has 0 bridgehead atoms. The molecule has 1 aliphatic rings. The van der Waals surface area contributed by atoms with E-state index in [0.717, 1.165) is 0 Å². The van der Waals surface area contributed by atoms with Crippen LogP contribution in [0.1, 0.15) is 47.8 Å². The van der Waals surface area contributed by atoms with Crippen LogP contribution < -0.4 is 5.73 Å². The molecular weight excluding hydrogens is 361 g/mol. The molecule has 3 aromatic rings. The third-order valence-corrected chi connectivity index (χ3v) is 4.61. The van der Waals surface area contributed by atoms with Gasteiger partial charge in [-0.2, -0.15) is 0 Å². The molecule has 0 radical (unpaired) electrons. The molecule has 0 aromatic heterocycles. The second kappa shape index (κ2) is 6.74. The van der Waals surface area contributed by atoms with Crippen LogP contribution in [0.3, 0.4) is 0 Å². The number of hydrogen-bond acceptors (Lipinski definition) is 5. The van der Waals surface area contributed by atoms with E-state index in [1.165, 1.54) is 30.3 Å². The van der Waals surface area contributed by atoms with Crippen LogP contribution in [0.4, 0.5) is 10.1 Å². The van der Waals surface area contributed by atoms with Crippen molar-refractivity contribution in [1.82, 2.24) is 0 Å². The third kappa shape index (κ3) is 2.85. The van der Waals surface area contributed by atoms with E-state index in [9.17, 15) is 18.8 Å². The Labute approximate surface area is 159 Å². The first kappa shape index (κ1) is 17.6. The van der Waals surface area contributed by atoms with Crippen LogP contribution in [-0.4, -0.2) is 17.5 Å². The van der Waals surface area contributed by atoms with E-state index in [-0.39, 0.29) is 40.3 Å². The van der Waals surface area contributed by atoms with Crippen molar-refractivity contribution in [2.75, 3.05) is 5.73 Å². The summed E-state index contributed by atoms with van der Waals surface area (Å²) in [5.41, 5.74) is 7.14. The second-order valence-corrected chi connectivity index (χ2v) is 6.36. The average Bonchev–Trinajstić information content (AvgIpc) is 2.70. The number of esters is 1. The molecule has 6 heteroatoms. The van der Waals surface area contributed by atoms with Gasteiger partial charge >= 0.3 is 5.97 Å². The van der Waals surface area contributed by atoms with Gasteiger partial charge in [0.1, 0.15) is 12.4 Å². The third-order valence-electron chi connectivity index (χ3n) is 4.61. The summed E-state index contributed by atoms with van der Waals surface area (Å²) in [6.07, 6.45) is 0. The highest BCUT2D eigenvalue weighted by Crippen LogP contribution is 2.33. The van der Waals surface area contributed by atoms with E-state index < -0.39 is 17.6 Å². The van der Waals surface area contributed by atoms with Crippen LogP contribution in [0, 0.1) is 5.82 Å². The number of anilines is 1. The van der Waals surface area contributed by atoms with Crippen molar-refractivity contribution in [2.24, 2.45) is 0 Å². The maximum atomic E-state index is 13.2. The minimum absolute atomic E-state index is 0.00362. The van der Waals surface area contributed by atoms with Gasteiger partial charge in [0.25, 0.3) is 0 Å². The predicted molar refractivity (Wildman–Crippen MR) is 99.7 cm³/mol. The van der Waals surface area contributed by atoms with E-state index >= 15 is 0 Å². The highest BCUT2D eigenvalue weighted by Gasteiger charge is 2.33.